The van der Waals surface area contributed by atoms with Crippen LogP contribution in [-0.4, -0.2) is 23.2 Å². The molecule has 31 heavy (non-hydrogen) atoms. The summed E-state index contributed by atoms with van der Waals surface area (Å²) in [5, 5.41) is 10.4. The number of para-hydroxylation sites is 1. The summed E-state index contributed by atoms with van der Waals surface area (Å²) in [7, 11) is 0. The minimum Gasteiger partial charge on any atom is -0.311 e. The van der Waals surface area contributed by atoms with Gasteiger partial charge in [-0.05, 0) is 60.4 Å². The molecule has 4 nitrogen and oxygen atoms in total. The Hall–Kier alpha value is -3.10. The highest BCUT2D eigenvalue weighted by Gasteiger charge is 2.26. The number of aromatic nitrogens is 1. The molecule has 0 saturated heterocycles. The molecule has 1 aliphatic heterocycles. The number of thioether (sulfide) groups is 1. The number of carbonyl (C=O) groups excluding carboxylic acids is 1. The zero-order valence-corrected chi connectivity index (χ0v) is 18.1. The summed E-state index contributed by atoms with van der Waals surface area (Å²) >= 11 is 1.39. The fraction of sp³-hybridized carbons (Fsp3) is 0.269. The van der Waals surface area contributed by atoms with Crippen molar-refractivity contribution in [2.24, 2.45) is 0 Å². The molecular formula is C26H23N3OS. The molecule has 1 amide bonds. The summed E-state index contributed by atoms with van der Waals surface area (Å²) in [6.45, 7) is 0.725. The number of anilines is 1. The van der Waals surface area contributed by atoms with Crippen LogP contribution in [0.2, 0.25) is 0 Å². The topological polar surface area (TPSA) is 57.0 Å². The van der Waals surface area contributed by atoms with Gasteiger partial charge in [-0.2, -0.15) is 5.26 Å². The largest absolute Gasteiger partial charge is 0.311 e. The number of rotatable bonds is 4. The zero-order chi connectivity index (χ0) is 21.2. The van der Waals surface area contributed by atoms with Crippen molar-refractivity contribution in [1.82, 2.24) is 4.98 Å². The Kier molecular flexibility index (Phi) is 5.48. The van der Waals surface area contributed by atoms with Crippen LogP contribution in [-0.2, 0) is 24.1 Å². The normalized spacial score (nSPS) is 17.0. The van der Waals surface area contributed by atoms with E-state index in [2.05, 4.69) is 36.4 Å². The van der Waals surface area contributed by atoms with Crippen LogP contribution in [0, 0.1) is 11.3 Å². The number of hydrogen-bond acceptors (Lipinski definition) is 4. The quantitative estimate of drug-likeness (QED) is 0.558. The Morgan fingerprint density at radius 3 is 2.74 bits per heavy atom. The Labute approximate surface area is 186 Å². The van der Waals surface area contributed by atoms with E-state index < -0.39 is 0 Å². The van der Waals surface area contributed by atoms with Gasteiger partial charge in [0.05, 0.1) is 11.3 Å². The van der Waals surface area contributed by atoms with Crippen molar-refractivity contribution in [3.63, 3.8) is 0 Å². The average Bonchev–Trinajstić information content (AvgIpc) is 3.26. The van der Waals surface area contributed by atoms with E-state index in [0.717, 1.165) is 43.6 Å². The zero-order valence-electron chi connectivity index (χ0n) is 17.3. The van der Waals surface area contributed by atoms with Crippen molar-refractivity contribution >= 4 is 23.4 Å². The van der Waals surface area contributed by atoms with Crippen molar-refractivity contribution < 1.29 is 4.79 Å². The fourth-order valence-corrected chi connectivity index (χ4v) is 5.50. The van der Waals surface area contributed by atoms with E-state index in [1.54, 1.807) is 0 Å². The first-order valence-corrected chi connectivity index (χ1v) is 11.7. The van der Waals surface area contributed by atoms with Gasteiger partial charge in [0.1, 0.15) is 11.1 Å². The fourth-order valence-electron chi connectivity index (χ4n) is 4.65. The SMILES string of the molecule is N#Cc1cc2c(nc1SCC(=O)N1CCc3ccccc31)CCC(c1ccccc1)C2. The van der Waals surface area contributed by atoms with Gasteiger partial charge in [-0.1, -0.05) is 60.3 Å². The maximum atomic E-state index is 12.9. The number of pyridine rings is 1. The van der Waals surface area contributed by atoms with Gasteiger partial charge in [-0.25, -0.2) is 4.98 Å². The second kappa shape index (κ2) is 8.56. The molecule has 0 radical (unpaired) electrons. The van der Waals surface area contributed by atoms with E-state index in [1.165, 1.54) is 28.5 Å². The summed E-state index contributed by atoms with van der Waals surface area (Å²) < 4.78 is 0. The van der Waals surface area contributed by atoms with Crippen LogP contribution < -0.4 is 4.90 Å². The molecule has 1 aliphatic carbocycles. The Morgan fingerprint density at radius 2 is 1.90 bits per heavy atom. The predicted octanol–water partition coefficient (Wildman–Crippen LogP) is 4.91. The second-order valence-electron chi connectivity index (χ2n) is 8.12. The molecule has 3 aromatic rings. The summed E-state index contributed by atoms with van der Waals surface area (Å²) in [5.74, 6) is 0.835. The van der Waals surface area contributed by atoms with E-state index in [0.29, 0.717) is 22.3 Å². The third kappa shape index (κ3) is 3.96. The smallest absolute Gasteiger partial charge is 0.237 e. The number of nitrogens with zero attached hydrogens (tertiary/aromatic N) is 3. The number of amides is 1. The van der Waals surface area contributed by atoms with Crippen LogP contribution in [0.15, 0.2) is 65.7 Å². The first-order valence-electron chi connectivity index (χ1n) is 10.7. The van der Waals surface area contributed by atoms with Crippen LogP contribution in [0.3, 0.4) is 0 Å². The number of benzene rings is 2. The lowest BCUT2D eigenvalue weighted by molar-refractivity contribution is -0.116. The lowest BCUT2D eigenvalue weighted by atomic mass is 9.82. The van der Waals surface area contributed by atoms with E-state index in [1.807, 2.05) is 35.2 Å². The molecular weight excluding hydrogens is 402 g/mol. The number of nitriles is 1. The lowest BCUT2D eigenvalue weighted by Crippen LogP contribution is -2.30. The van der Waals surface area contributed by atoms with Crippen LogP contribution in [0.1, 0.15) is 40.3 Å². The molecule has 1 atom stereocenters. The number of hydrogen-bond donors (Lipinski definition) is 0. The van der Waals surface area contributed by atoms with Crippen molar-refractivity contribution in [2.45, 2.75) is 36.6 Å². The minimum atomic E-state index is 0.0718. The molecule has 5 rings (SSSR count). The van der Waals surface area contributed by atoms with Crippen LogP contribution in [0.5, 0.6) is 0 Å². The minimum absolute atomic E-state index is 0.0718. The molecule has 0 bridgehead atoms. The first-order chi connectivity index (χ1) is 15.2. The van der Waals surface area contributed by atoms with Gasteiger partial charge < -0.3 is 4.90 Å². The van der Waals surface area contributed by atoms with Crippen LogP contribution in [0.4, 0.5) is 5.69 Å². The third-order valence-corrected chi connectivity index (χ3v) is 7.24. The molecule has 1 unspecified atom stereocenters. The molecule has 0 N–H and O–H groups in total. The standard InChI is InChI=1S/C26H23N3OS/c27-16-22-15-21-14-20(18-6-2-1-3-7-18)10-11-23(21)28-26(22)31-17-25(30)29-13-12-19-8-4-5-9-24(19)29/h1-9,15,20H,10-14,17H2. The number of fused-ring (bicyclic) bond motifs is 2. The Bertz CT molecular complexity index is 1170. The maximum Gasteiger partial charge on any atom is 0.237 e. The van der Waals surface area contributed by atoms with Gasteiger partial charge in [0, 0.05) is 17.9 Å². The molecule has 0 fully saturated rings. The summed E-state index contributed by atoms with van der Waals surface area (Å²) in [6.07, 6.45) is 3.77. The molecule has 2 aliphatic rings. The van der Waals surface area contributed by atoms with Crippen molar-refractivity contribution in [3.05, 3.63) is 88.6 Å². The average molecular weight is 426 g/mol. The van der Waals surface area contributed by atoms with Crippen molar-refractivity contribution in [1.29, 1.82) is 5.26 Å². The highest BCUT2D eigenvalue weighted by Crippen LogP contribution is 2.35. The molecule has 154 valence electrons. The third-order valence-electron chi connectivity index (χ3n) is 6.26. The van der Waals surface area contributed by atoms with Gasteiger partial charge in [-0.3, -0.25) is 4.79 Å². The van der Waals surface area contributed by atoms with Gasteiger partial charge in [-0.15, -0.1) is 0 Å². The van der Waals surface area contributed by atoms with Crippen LogP contribution in [0.25, 0.3) is 0 Å². The Balaban J connectivity index is 1.31. The summed E-state index contributed by atoms with van der Waals surface area (Å²) in [4.78, 5) is 19.5. The first kappa shape index (κ1) is 19.8. The second-order valence-corrected chi connectivity index (χ2v) is 9.09. The predicted molar refractivity (Wildman–Crippen MR) is 123 cm³/mol. The summed E-state index contributed by atoms with van der Waals surface area (Å²) in [5.41, 5.74) is 6.40. The molecule has 0 spiro atoms. The van der Waals surface area contributed by atoms with Gasteiger partial charge in [0.15, 0.2) is 0 Å². The molecule has 5 heteroatoms. The highest BCUT2D eigenvalue weighted by molar-refractivity contribution is 8.00. The van der Waals surface area contributed by atoms with Gasteiger partial charge >= 0.3 is 0 Å². The Morgan fingerprint density at radius 1 is 1.10 bits per heavy atom. The highest BCUT2D eigenvalue weighted by atomic mass is 32.2. The van der Waals surface area contributed by atoms with Gasteiger partial charge in [0.25, 0.3) is 0 Å². The van der Waals surface area contributed by atoms with E-state index in [9.17, 15) is 10.1 Å². The lowest BCUT2D eigenvalue weighted by Gasteiger charge is -2.25. The van der Waals surface area contributed by atoms with Crippen molar-refractivity contribution in [3.8, 4) is 6.07 Å². The van der Waals surface area contributed by atoms with E-state index in [4.69, 9.17) is 4.98 Å². The maximum absolute atomic E-state index is 12.9. The van der Waals surface area contributed by atoms with Crippen molar-refractivity contribution in [2.75, 3.05) is 17.2 Å². The molecule has 2 heterocycles. The molecule has 2 aromatic carbocycles. The summed E-state index contributed by atoms with van der Waals surface area (Å²) in [6, 6.07) is 22.9. The van der Waals surface area contributed by atoms with Gasteiger partial charge in [0.2, 0.25) is 5.91 Å². The van der Waals surface area contributed by atoms with Crippen LogP contribution >= 0.6 is 11.8 Å². The molecule has 0 saturated carbocycles. The monoisotopic (exact) mass is 425 g/mol. The molecule has 1 aromatic heterocycles. The number of carbonyl (C=O) groups is 1. The van der Waals surface area contributed by atoms with E-state index in [-0.39, 0.29) is 5.91 Å². The number of aryl methyl sites for hydroxylation is 1. The van der Waals surface area contributed by atoms with E-state index >= 15 is 0 Å².